The van der Waals surface area contributed by atoms with Gasteiger partial charge in [-0.05, 0) is 18.6 Å². The lowest BCUT2D eigenvalue weighted by Gasteiger charge is -2.11. The van der Waals surface area contributed by atoms with Gasteiger partial charge in [0.05, 0.1) is 0 Å². The van der Waals surface area contributed by atoms with Crippen molar-refractivity contribution < 1.29 is 9.90 Å². The Bertz CT molecular complexity index is 425. The number of hydrogen-bond acceptors (Lipinski definition) is 4. The zero-order valence-electron chi connectivity index (χ0n) is 8.06. The molecule has 1 aromatic rings. The third-order valence-corrected chi connectivity index (χ3v) is 2.78. The van der Waals surface area contributed by atoms with Crippen molar-refractivity contribution in [3.63, 3.8) is 0 Å². The third-order valence-electron chi connectivity index (χ3n) is 2.47. The molecule has 1 fully saturated rings. The van der Waals surface area contributed by atoms with Gasteiger partial charge >= 0.3 is 0 Å². The van der Waals surface area contributed by atoms with Crippen molar-refractivity contribution in [2.75, 3.05) is 0 Å². The molecule has 82 valence electrons. The molecule has 2 rings (SSSR count). The zero-order valence-corrected chi connectivity index (χ0v) is 8.88. The molecule has 0 aromatic carbocycles. The number of aliphatic hydroxyl groups is 1. The lowest BCUT2D eigenvalue weighted by molar-refractivity contribution is -0.119. The van der Waals surface area contributed by atoms with Gasteiger partial charge in [-0.2, -0.15) is 5.10 Å². The van der Waals surface area contributed by atoms with Crippen LogP contribution in [0.25, 0.3) is 0 Å². The molecule has 0 radical (unpaired) electrons. The molecule has 0 spiro atoms. The Balaban J connectivity index is 2.13. The first-order valence-corrected chi connectivity index (χ1v) is 5.16. The number of amides is 1. The highest BCUT2D eigenvalue weighted by Gasteiger charge is 2.22. The minimum atomic E-state index is -0.159. The topological polar surface area (TPSA) is 82.9 Å². The van der Waals surface area contributed by atoms with Crippen molar-refractivity contribution in [1.29, 1.82) is 0 Å². The van der Waals surface area contributed by atoms with E-state index in [9.17, 15) is 4.79 Å². The van der Waals surface area contributed by atoms with Crippen LogP contribution in [0, 0.1) is 4.77 Å². The Hall–Kier alpha value is -1.21. The van der Waals surface area contributed by atoms with E-state index in [1.165, 1.54) is 0 Å². The van der Waals surface area contributed by atoms with Crippen LogP contribution in [0.5, 0.6) is 0 Å². The summed E-state index contributed by atoms with van der Waals surface area (Å²) in [5.74, 6) is 0.571. The number of carbonyl (C=O) groups excluding carboxylic acids is 1. The Morgan fingerprint density at radius 3 is 3.07 bits per heavy atom. The second-order valence-electron chi connectivity index (χ2n) is 3.52. The minimum absolute atomic E-state index is 0.0700. The number of nitrogens with zero attached hydrogens (tertiary/aromatic N) is 2. The largest absolute Gasteiger partial charge is 0.388 e. The fourth-order valence-electron chi connectivity index (χ4n) is 1.69. The zero-order chi connectivity index (χ0) is 10.8. The number of H-pyrrole nitrogens is 1. The first kappa shape index (κ1) is 10.3. The maximum absolute atomic E-state index is 11.0. The summed E-state index contributed by atoms with van der Waals surface area (Å²) in [6.45, 7) is 0.408. The highest BCUT2D eigenvalue weighted by molar-refractivity contribution is 7.71. The number of rotatable bonds is 3. The van der Waals surface area contributed by atoms with Crippen molar-refractivity contribution in [1.82, 2.24) is 20.1 Å². The number of carbonyl (C=O) groups is 1. The summed E-state index contributed by atoms with van der Waals surface area (Å²) < 4.78 is 2.19. The predicted molar refractivity (Wildman–Crippen MR) is 54.5 cm³/mol. The highest BCUT2D eigenvalue weighted by Crippen LogP contribution is 2.10. The van der Waals surface area contributed by atoms with Gasteiger partial charge in [-0.25, -0.2) is 0 Å². The first-order chi connectivity index (χ1) is 7.20. The minimum Gasteiger partial charge on any atom is -0.388 e. The lowest BCUT2D eigenvalue weighted by atomic mass is 10.2. The molecule has 2 heterocycles. The van der Waals surface area contributed by atoms with Gasteiger partial charge in [-0.3, -0.25) is 9.89 Å². The van der Waals surface area contributed by atoms with Gasteiger partial charge in [0.1, 0.15) is 6.61 Å². The average Bonchev–Trinajstić information content (AvgIpc) is 2.76. The summed E-state index contributed by atoms with van der Waals surface area (Å²) >= 11 is 5.02. The summed E-state index contributed by atoms with van der Waals surface area (Å²) in [4.78, 5) is 11.0. The monoisotopic (exact) mass is 228 g/mol. The van der Waals surface area contributed by atoms with Gasteiger partial charge < -0.3 is 15.0 Å². The molecule has 15 heavy (non-hydrogen) atoms. The molecular weight excluding hydrogens is 216 g/mol. The molecule has 1 aliphatic rings. The van der Waals surface area contributed by atoms with Gasteiger partial charge in [0, 0.05) is 19.0 Å². The number of aliphatic hydroxyl groups excluding tert-OH is 1. The molecule has 0 bridgehead atoms. The fraction of sp³-hybridized carbons (Fsp3) is 0.625. The van der Waals surface area contributed by atoms with E-state index in [1.54, 1.807) is 4.57 Å². The molecule has 7 heteroatoms. The number of nitrogens with one attached hydrogen (secondary N) is 2. The van der Waals surface area contributed by atoms with Gasteiger partial charge in [0.15, 0.2) is 10.6 Å². The van der Waals surface area contributed by atoms with Crippen LogP contribution in [0.1, 0.15) is 18.7 Å². The molecule has 3 N–H and O–H groups in total. The van der Waals surface area contributed by atoms with E-state index in [-0.39, 0.29) is 18.6 Å². The quantitative estimate of drug-likeness (QED) is 0.621. The standard InChI is InChI=1S/C8H12N4O2S/c13-4-6-10-11-8(15)12(6)3-5-1-2-7(14)9-5/h5,13H,1-4H2,(H,9,14)(H,11,15). The van der Waals surface area contributed by atoms with Gasteiger partial charge in [-0.1, -0.05) is 0 Å². The maximum atomic E-state index is 11.0. The van der Waals surface area contributed by atoms with Gasteiger partial charge in [-0.15, -0.1) is 0 Å². The molecule has 1 saturated heterocycles. The molecular formula is C8H12N4O2S. The Labute approximate surface area is 91.3 Å². The molecule has 6 nitrogen and oxygen atoms in total. The number of aromatic amines is 1. The van der Waals surface area contributed by atoms with Crippen molar-refractivity contribution in [3.8, 4) is 0 Å². The number of aromatic nitrogens is 3. The lowest BCUT2D eigenvalue weighted by Crippen LogP contribution is -2.30. The van der Waals surface area contributed by atoms with Crippen LogP contribution in [-0.4, -0.2) is 31.8 Å². The smallest absolute Gasteiger partial charge is 0.220 e. The van der Waals surface area contributed by atoms with E-state index in [0.29, 0.717) is 23.6 Å². The van der Waals surface area contributed by atoms with Gasteiger partial charge in [0.2, 0.25) is 5.91 Å². The second kappa shape index (κ2) is 4.11. The van der Waals surface area contributed by atoms with E-state index in [2.05, 4.69) is 15.5 Å². The van der Waals surface area contributed by atoms with E-state index < -0.39 is 0 Å². The van der Waals surface area contributed by atoms with Crippen LogP contribution < -0.4 is 5.32 Å². The van der Waals surface area contributed by atoms with Gasteiger partial charge in [0.25, 0.3) is 0 Å². The fourth-order valence-corrected chi connectivity index (χ4v) is 1.92. The first-order valence-electron chi connectivity index (χ1n) is 4.75. The van der Waals surface area contributed by atoms with Crippen LogP contribution in [0.2, 0.25) is 0 Å². The highest BCUT2D eigenvalue weighted by atomic mass is 32.1. The molecule has 1 atom stereocenters. The molecule has 0 aliphatic carbocycles. The molecule has 1 aromatic heterocycles. The number of hydrogen-bond donors (Lipinski definition) is 3. The second-order valence-corrected chi connectivity index (χ2v) is 3.90. The van der Waals surface area contributed by atoms with Crippen LogP contribution >= 0.6 is 12.2 Å². The maximum Gasteiger partial charge on any atom is 0.220 e. The summed E-state index contributed by atoms with van der Waals surface area (Å²) in [5.41, 5.74) is 0. The molecule has 1 amide bonds. The Morgan fingerprint density at radius 2 is 2.47 bits per heavy atom. The normalized spacial score (nSPS) is 20.6. The Morgan fingerprint density at radius 1 is 1.67 bits per heavy atom. The van der Waals surface area contributed by atoms with E-state index in [1.807, 2.05) is 0 Å². The van der Waals surface area contributed by atoms with Crippen molar-refractivity contribution in [2.24, 2.45) is 0 Å². The SMILES string of the molecule is O=C1CCC(Cn2c(CO)n[nH]c2=S)N1. The van der Waals surface area contributed by atoms with Crippen LogP contribution in [0.3, 0.4) is 0 Å². The summed E-state index contributed by atoms with van der Waals surface area (Å²) in [7, 11) is 0. The van der Waals surface area contributed by atoms with E-state index in [4.69, 9.17) is 17.3 Å². The van der Waals surface area contributed by atoms with Crippen molar-refractivity contribution >= 4 is 18.1 Å². The summed E-state index contributed by atoms with van der Waals surface area (Å²) in [6, 6.07) is 0.0899. The van der Waals surface area contributed by atoms with Crippen LogP contribution in [0.15, 0.2) is 0 Å². The van der Waals surface area contributed by atoms with E-state index >= 15 is 0 Å². The summed E-state index contributed by atoms with van der Waals surface area (Å²) in [6.07, 6.45) is 1.36. The van der Waals surface area contributed by atoms with Crippen LogP contribution in [0.4, 0.5) is 0 Å². The molecule has 1 aliphatic heterocycles. The van der Waals surface area contributed by atoms with E-state index in [0.717, 1.165) is 6.42 Å². The average molecular weight is 228 g/mol. The van der Waals surface area contributed by atoms with Crippen molar-refractivity contribution in [2.45, 2.75) is 32.0 Å². The predicted octanol–water partition coefficient (Wildman–Crippen LogP) is -0.288. The third kappa shape index (κ3) is 2.07. The Kier molecular flexibility index (Phi) is 2.83. The van der Waals surface area contributed by atoms with Crippen LogP contribution in [-0.2, 0) is 17.9 Å². The molecule has 0 saturated carbocycles. The summed E-state index contributed by atoms with van der Waals surface area (Å²) in [5, 5.41) is 18.4. The van der Waals surface area contributed by atoms with Crippen molar-refractivity contribution in [3.05, 3.63) is 10.6 Å². The molecule has 1 unspecified atom stereocenters.